The zero-order valence-corrected chi connectivity index (χ0v) is 15.1. The van der Waals surface area contributed by atoms with Crippen molar-refractivity contribution >= 4 is 22.9 Å². The summed E-state index contributed by atoms with van der Waals surface area (Å²) < 4.78 is 10.6. The molecule has 1 unspecified atom stereocenters. The van der Waals surface area contributed by atoms with Crippen LogP contribution in [0.15, 0.2) is 52.9 Å². The number of esters is 1. The van der Waals surface area contributed by atoms with Gasteiger partial charge in [-0.15, -0.1) is 0 Å². The third-order valence-corrected chi connectivity index (χ3v) is 4.45. The van der Waals surface area contributed by atoms with E-state index in [9.17, 15) is 9.59 Å². The Morgan fingerprint density at radius 1 is 1.12 bits per heavy atom. The zero-order valence-electron chi connectivity index (χ0n) is 15.1. The monoisotopic (exact) mass is 351 g/mol. The van der Waals surface area contributed by atoms with E-state index in [4.69, 9.17) is 9.15 Å². The molecule has 0 saturated heterocycles. The topological polar surface area (TPSA) is 69.4 Å². The quantitative estimate of drug-likeness (QED) is 0.483. The van der Waals surface area contributed by atoms with Gasteiger partial charge in [-0.3, -0.25) is 9.59 Å². The summed E-state index contributed by atoms with van der Waals surface area (Å²) in [5.41, 5.74) is 2.63. The van der Waals surface area contributed by atoms with Crippen LogP contribution in [0.3, 0.4) is 0 Å². The van der Waals surface area contributed by atoms with Gasteiger partial charge in [-0.2, -0.15) is 0 Å². The molecule has 26 heavy (non-hydrogen) atoms. The first-order chi connectivity index (χ1) is 12.5. The molecule has 0 aliphatic heterocycles. The minimum atomic E-state index is -0.434. The number of oxazole rings is 1. The molecule has 0 fully saturated rings. The van der Waals surface area contributed by atoms with Crippen molar-refractivity contribution in [2.45, 2.75) is 20.3 Å². The summed E-state index contributed by atoms with van der Waals surface area (Å²) in [4.78, 5) is 29.0. The van der Waals surface area contributed by atoms with Crippen LogP contribution >= 0.6 is 0 Å². The first-order valence-corrected chi connectivity index (χ1v) is 8.56. The Morgan fingerprint density at radius 2 is 1.85 bits per heavy atom. The summed E-state index contributed by atoms with van der Waals surface area (Å²) in [5.74, 6) is -0.377. The molecule has 1 aromatic heterocycles. The number of hydrogen-bond donors (Lipinski definition) is 0. The lowest BCUT2D eigenvalue weighted by Gasteiger charge is -2.18. The summed E-state index contributed by atoms with van der Waals surface area (Å²) in [6.45, 7) is 3.85. The van der Waals surface area contributed by atoms with E-state index in [1.807, 2.05) is 44.2 Å². The lowest BCUT2D eigenvalue weighted by atomic mass is 9.85. The Hall–Kier alpha value is -2.95. The van der Waals surface area contributed by atoms with Crippen LogP contribution in [0.1, 0.15) is 30.6 Å². The fraction of sp³-hybridized carbons (Fsp3) is 0.286. The van der Waals surface area contributed by atoms with E-state index in [1.165, 1.54) is 7.11 Å². The molecule has 5 heteroatoms. The van der Waals surface area contributed by atoms with E-state index in [1.54, 1.807) is 18.2 Å². The first kappa shape index (κ1) is 17.9. The molecule has 0 spiro atoms. The van der Waals surface area contributed by atoms with Gasteiger partial charge in [-0.1, -0.05) is 32.0 Å². The van der Waals surface area contributed by atoms with Gasteiger partial charge >= 0.3 is 5.97 Å². The molecule has 1 atom stereocenters. The predicted molar refractivity (Wildman–Crippen MR) is 98.7 cm³/mol. The fourth-order valence-electron chi connectivity index (χ4n) is 2.89. The highest BCUT2D eigenvalue weighted by Crippen LogP contribution is 2.27. The SMILES string of the molecule is COC(=O)CC(C(=O)c1ccc2nc(-c3ccccc3)oc2c1)C(C)C. The molecule has 134 valence electrons. The number of benzene rings is 2. The highest BCUT2D eigenvalue weighted by molar-refractivity contribution is 6.01. The van der Waals surface area contributed by atoms with Crippen LogP contribution in [0, 0.1) is 11.8 Å². The van der Waals surface area contributed by atoms with Gasteiger partial charge in [-0.25, -0.2) is 4.98 Å². The van der Waals surface area contributed by atoms with Crippen LogP contribution in [0.4, 0.5) is 0 Å². The smallest absolute Gasteiger partial charge is 0.306 e. The van der Waals surface area contributed by atoms with Crippen molar-refractivity contribution in [2.24, 2.45) is 11.8 Å². The predicted octanol–water partition coefficient (Wildman–Crippen LogP) is 4.51. The summed E-state index contributed by atoms with van der Waals surface area (Å²) in [6.07, 6.45) is 0.0662. The van der Waals surface area contributed by atoms with E-state index < -0.39 is 5.92 Å². The second-order valence-corrected chi connectivity index (χ2v) is 6.56. The van der Waals surface area contributed by atoms with Crippen molar-refractivity contribution in [3.63, 3.8) is 0 Å². The summed E-state index contributed by atoms with van der Waals surface area (Å²) in [6, 6.07) is 14.8. The molecular weight excluding hydrogens is 330 g/mol. The lowest BCUT2D eigenvalue weighted by molar-refractivity contribution is -0.141. The van der Waals surface area contributed by atoms with Crippen molar-refractivity contribution in [1.29, 1.82) is 0 Å². The molecule has 1 heterocycles. The Kier molecular flexibility index (Phi) is 5.16. The second-order valence-electron chi connectivity index (χ2n) is 6.56. The van der Waals surface area contributed by atoms with Gasteiger partial charge in [0.2, 0.25) is 5.89 Å². The van der Waals surface area contributed by atoms with Crippen LogP contribution in [0.5, 0.6) is 0 Å². The molecule has 3 aromatic rings. The largest absolute Gasteiger partial charge is 0.469 e. The number of rotatable bonds is 6. The maximum atomic E-state index is 12.9. The average molecular weight is 351 g/mol. The zero-order chi connectivity index (χ0) is 18.7. The number of ketones is 1. The summed E-state index contributed by atoms with van der Waals surface area (Å²) >= 11 is 0. The molecule has 5 nitrogen and oxygen atoms in total. The maximum Gasteiger partial charge on any atom is 0.306 e. The van der Waals surface area contributed by atoms with E-state index in [-0.39, 0.29) is 24.1 Å². The van der Waals surface area contributed by atoms with Gasteiger partial charge in [0.15, 0.2) is 11.4 Å². The van der Waals surface area contributed by atoms with E-state index in [2.05, 4.69) is 4.98 Å². The minimum Gasteiger partial charge on any atom is -0.469 e. The normalized spacial score (nSPS) is 12.3. The Morgan fingerprint density at radius 3 is 2.50 bits per heavy atom. The van der Waals surface area contributed by atoms with Gasteiger partial charge in [0.05, 0.1) is 13.5 Å². The van der Waals surface area contributed by atoms with Crippen molar-refractivity contribution < 1.29 is 18.7 Å². The van der Waals surface area contributed by atoms with Gasteiger partial charge in [0, 0.05) is 17.0 Å². The molecule has 0 radical (unpaired) electrons. The van der Waals surface area contributed by atoms with Crippen molar-refractivity contribution in [3.05, 3.63) is 54.1 Å². The van der Waals surface area contributed by atoms with Crippen molar-refractivity contribution in [3.8, 4) is 11.5 Å². The van der Waals surface area contributed by atoms with Crippen LogP contribution in [0.25, 0.3) is 22.6 Å². The number of carbonyl (C=O) groups is 2. The third-order valence-electron chi connectivity index (χ3n) is 4.45. The van der Waals surface area contributed by atoms with Crippen molar-refractivity contribution in [1.82, 2.24) is 4.98 Å². The van der Waals surface area contributed by atoms with Gasteiger partial charge < -0.3 is 9.15 Å². The van der Waals surface area contributed by atoms with Crippen LogP contribution in [0.2, 0.25) is 0 Å². The van der Waals surface area contributed by atoms with Gasteiger partial charge in [0.1, 0.15) is 5.52 Å². The standard InChI is InChI=1S/C21H21NO4/c1-13(2)16(12-19(23)25-3)20(24)15-9-10-17-18(11-15)26-21(22-17)14-7-5-4-6-8-14/h4-11,13,16H,12H2,1-3H3. The molecule has 0 saturated carbocycles. The number of fused-ring (bicyclic) bond motifs is 1. The summed E-state index contributed by atoms with van der Waals surface area (Å²) in [5, 5.41) is 0. The molecule has 2 aromatic carbocycles. The molecular formula is C21H21NO4. The van der Waals surface area contributed by atoms with Crippen LogP contribution < -0.4 is 0 Å². The van der Waals surface area contributed by atoms with Gasteiger partial charge in [0.25, 0.3) is 0 Å². The maximum absolute atomic E-state index is 12.9. The Balaban J connectivity index is 1.92. The number of aromatic nitrogens is 1. The van der Waals surface area contributed by atoms with E-state index in [0.717, 1.165) is 5.56 Å². The number of carbonyl (C=O) groups excluding carboxylic acids is 2. The fourth-order valence-corrected chi connectivity index (χ4v) is 2.89. The molecule has 0 N–H and O–H groups in total. The van der Waals surface area contributed by atoms with Crippen molar-refractivity contribution in [2.75, 3.05) is 7.11 Å². The first-order valence-electron chi connectivity index (χ1n) is 8.56. The minimum absolute atomic E-state index is 0.0203. The van der Waals surface area contributed by atoms with Crippen LogP contribution in [-0.2, 0) is 9.53 Å². The molecule has 3 rings (SSSR count). The Bertz CT molecular complexity index is 928. The Labute approximate surface area is 152 Å². The number of methoxy groups -OCH3 is 1. The molecule has 0 bridgehead atoms. The highest BCUT2D eigenvalue weighted by Gasteiger charge is 2.27. The molecule has 0 amide bonds. The summed E-state index contributed by atoms with van der Waals surface area (Å²) in [7, 11) is 1.33. The number of hydrogen-bond acceptors (Lipinski definition) is 5. The van der Waals surface area contributed by atoms with Gasteiger partial charge in [-0.05, 0) is 36.2 Å². The van der Waals surface area contributed by atoms with E-state index >= 15 is 0 Å². The highest BCUT2D eigenvalue weighted by atomic mass is 16.5. The number of nitrogens with zero attached hydrogens (tertiary/aromatic N) is 1. The van der Waals surface area contributed by atoms with Crippen LogP contribution in [-0.4, -0.2) is 23.8 Å². The lowest BCUT2D eigenvalue weighted by Crippen LogP contribution is -2.24. The van der Waals surface area contributed by atoms with E-state index in [0.29, 0.717) is 22.6 Å². The second kappa shape index (κ2) is 7.52. The number of Topliss-reactive ketones (excluding diaryl/α,β-unsaturated/α-hetero) is 1. The average Bonchev–Trinajstić information content (AvgIpc) is 3.09. The molecule has 0 aliphatic carbocycles. The number of ether oxygens (including phenoxy) is 1. The third kappa shape index (κ3) is 3.67. The molecule has 0 aliphatic rings.